The fourth-order valence-corrected chi connectivity index (χ4v) is 4.15. The second-order valence-corrected chi connectivity index (χ2v) is 6.96. The molecule has 0 saturated heterocycles. The largest absolute Gasteiger partial charge is 0.312 e. The molecule has 0 amide bonds. The number of hydrogen-bond donors (Lipinski definition) is 1. The van der Waals surface area contributed by atoms with E-state index in [0.717, 1.165) is 18.9 Å². The van der Waals surface area contributed by atoms with Crippen molar-refractivity contribution in [1.82, 2.24) is 5.32 Å². The van der Waals surface area contributed by atoms with Crippen molar-refractivity contribution in [2.75, 3.05) is 6.54 Å². The summed E-state index contributed by atoms with van der Waals surface area (Å²) in [6.45, 7) is 5.83. The van der Waals surface area contributed by atoms with E-state index in [0.29, 0.717) is 11.5 Å². The Hall–Kier alpha value is -0.550. The topological polar surface area (TPSA) is 35.8 Å². The summed E-state index contributed by atoms with van der Waals surface area (Å²) in [6, 6.07) is 2.95. The molecule has 2 aliphatic carbocycles. The molecule has 2 unspecified atom stereocenters. The summed E-state index contributed by atoms with van der Waals surface area (Å²) >= 11 is 0. The minimum Gasteiger partial charge on any atom is -0.312 e. The van der Waals surface area contributed by atoms with Crippen molar-refractivity contribution >= 4 is 0 Å². The van der Waals surface area contributed by atoms with E-state index in [9.17, 15) is 0 Å². The molecule has 18 heavy (non-hydrogen) atoms. The van der Waals surface area contributed by atoms with Crippen LogP contribution in [0.25, 0.3) is 0 Å². The van der Waals surface area contributed by atoms with Gasteiger partial charge in [0, 0.05) is 12.6 Å². The van der Waals surface area contributed by atoms with Gasteiger partial charge in [-0.2, -0.15) is 5.26 Å². The highest BCUT2D eigenvalue weighted by Gasteiger charge is 2.36. The van der Waals surface area contributed by atoms with Crippen LogP contribution in [0.15, 0.2) is 0 Å². The maximum absolute atomic E-state index is 9.15. The van der Waals surface area contributed by atoms with Crippen molar-refractivity contribution in [2.24, 2.45) is 17.3 Å². The molecule has 1 N–H and O–H groups in total. The van der Waals surface area contributed by atoms with E-state index in [4.69, 9.17) is 5.26 Å². The number of nitriles is 1. The SMILES string of the molecule is CC(C)CC1(CNC2CCCC2C#N)CCCC1. The molecule has 0 aromatic carbocycles. The monoisotopic (exact) mass is 248 g/mol. The summed E-state index contributed by atoms with van der Waals surface area (Å²) in [7, 11) is 0. The molecule has 0 aliphatic heterocycles. The van der Waals surface area contributed by atoms with Gasteiger partial charge in [-0.25, -0.2) is 0 Å². The first-order valence-electron chi connectivity index (χ1n) is 7.78. The zero-order valence-corrected chi connectivity index (χ0v) is 12.0. The Kier molecular flexibility index (Phi) is 4.67. The van der Waals surface area contributed by atoms with Crippen molar-refractivity contribution in [1.29, 1.82) is 5.26 Å². The van der Waals surface area contributed by atoms with Crippen molar-refractivity contribution in [3.63, 3.8) is 0 Å². The quantitative estimate of drug-likeness (QED) is 0.801. The summed E-state index contributed by atoms with van der Waals surface area (Å²) in [5, 5.41) is 12.9. The van der Waals surface area contributed by atoms with Gasteiger partial charge in [0.15, 0.2) is 0 Å². The van der Waals surface area contributed by atoms with Gasteiger partial charge < -0.3 is 5.32 Å². The van der Waals surface area contributed by atoms with Crippen molar-refractivity contribution in [3.05, 3.63) is 0 Å². The summed E-state index contributed by atoms with van der Waals surface area (Å²) in [6.07, 6.45) is 10.5. The van der Waals surface area contributed by atoms with Crippen LogP contribution in [0.4, 0.5) is 0 Å². The van der Waals surface area contributed by atoms with Crippen LogP contribution in [0, 0.1) is 28.6 Å². The highest BCUT2D eigenvalue weighted by molar-refractivity contribution is 4.98. The molecule has 2 heteroatoms. The summed E-state index contributed by atoms with van der Waals surface area (Å²) in [5.74, 6) is 1.06. The van der Waals surface area contributed by atoms with Crippen molar-refractivity contribution in [3.8, 4) is 6.07 Å². The van der Waals surface area contributed by atoms with Crippen LogP contribution in [0.5, 0.6) is 0 Å². The van der Waals surface area contributed by atoms with Gasteiger partial charge in [-0.1, -0.05) is 33.1 Å². The molecule has 0 bridgehead atoms. The van der Waals surface area contributed by atoms with Crippen LogP contribution in [0.2, 0.25) is 0 Å². The molecule has 2 saturated carbocycles. The van der Waals surface area contributed by atoms with Crippen LogP contribution in [-0.4, -0.2) is 12.6 Å². The van der Waals surface area contributed by atoms with Crippen LogP contribution in [-0.2, 0) is 0 Å². The minimum atomic E-state index is 0.266. The normalized spacial score (nSPS) is 30.8. The molecule has 2 fully saturated rings. The smallest absolute Gasteiger partial charge is 0.0672 e. The zero-order valence-electron chi connectivity index (χ0n) is 12.0. The van der Waals surface area contributed by atoms with Crippen LogP contribution in [0.3, 0.4) is 0 Å². The van der Waals surface area contributed by atoms with Gasteiger partial charge in [0.2, 0.25) is 0 Å². The number of nitrogens with one attached hydrogen (secondary N) is 1. The van der Waals surface area contributed by atoms with E-state index in [1.807, 2.05) is 0 Å². The molecular weight excluding hydrogens is 220 g/mol. The van der Waals surface area contributed by atoms with E-state index in [2.05, 4.69) is 25.2 Å². The molecule has 2 aliphatic rings. The Bertz CT molecular complexity index is 297. The molecule has 0 aromatic heterocycles. The molecule has 0 spiro atoms. The molecule has 2 rings (SSSR count). The highest BCUT2D eigenvalue weighted by atomic mass is 14.9. The van der Waals surface area contributed by atoms with Crippen molar-refractivity contribution in [2.45, 2.75) is 71.3 Å². The zero-order chi connectivity index (χ0) is 13.0. The molecule has 2 nitrogen and oxygen atoms in total. The van der Waals surface area contributed by atoms with Gasteiger partial charge in [0.1, 0.15) is 0 Å². The van der Waals surface area contributed by atoms with E-state index >= 15 is 0 Å². The maximum Gasteiger partial charge on any atom is 0.0672 e. The van der Waals surface area contributed by atoms with Gasteiger partial charge in [0.05, 0.1) is 12.0 Å². The average molecular weight is 248 g/mol. The molecule has 0 radical (unpaired) electrons. The Labute approximate surface area is 112 Å². The standard InChI is InChI=1S/C16H28N2/c1-13(2)10-16(8-3-4-9-16)12-18-15-7-5-6-14(15)11-17/h13-15,18H,3-10,12H2,1-2H3. The van der Waals surface area contributed by atoms with E-state index in [-0.39, 0.29) is 5.92 Å². The molecule has 102 valence electrons. The first-order valence-corrected chi connectivity index (χ1v) is 7.78. The molecule has 0 aromatic rings. The van der Waals surface area contributed by atoms with Crippen LogP contribution in [0.1, 0.15) is 65.2 Å². The van der Waals surface area contributed by atoms with E-state index in [1.54, 1.807) is 0 Å². The molecular formula is C16H28N2. The summed E-state index contributed by atoms with van der Waals surface area (Å²) in [4.78, 5) is 0. The third-order valence-electron chi connectivity index (χ3n) is 4.93. The van der Waals surface area contributed by atoms with E-state index in [1.165, 1.54) is 44.9 Å². The minimum absolute atomic E-state index is 0.266. The van der Waals surface area contributed by atoms with Gasteiger partial charge in [-0.3, -0.25) is 0 Å². The first-order chi connectivity index (χ1) is 8.65. The maximum atomic E-state index is 9.15. The van der Waals surface area contributed by atoms with Gasteiger partial charge in [-0.15, -0.1) is 0 Å². The van der Waals surface area contributed by atoms with Crippen LogP contribution >= 0.6 is 0 Å². The lowest BCUT2D eigenvalue weighted by molar-refractivity contribution is 0.211. The average Bonchev–Trinajstić information content (AvgIpc) is 2.94. The third-order valence-corrected chi connectivity index (χ3v) is 4.93. The van der Waals surface area contributed by atoms with Gasteiger partial charge in [-0.05, 0) is 43.4 Å². The lowest BCUT2D eigenvalue weighted by atomic mass is 9.78. The van der Waals surface area contributed by atoms with Crippen molar-refractivity contribution < 1.29 is 0 Å². The Balaban J connectivity index is 1.88. The first kappa shape index (κ1) is 13.9. The van der Waals surface area contributed by atoms with E-state index < -0.39 is 0 Å². The Morgan fingerprint density at radius 1 is 1.22 bits per heavy atom. The number of hydrogen-bond acceptors (Lipinski definition) is 2. The highest BCUT2D eigenvalue weighted by Crippen LogP contribution is 2.43. The third kappa shape index (κ3) is 3.26. The molecule has 2 atom stereocenters. The predicted octanol–water partition coefficient (Wildman–Crippen LogP) is 3.87. The van der Waals surface area contributed by atoms with Gasteiger partial charge >= 0.3 is 0 Å². The predicted molar refractivity (Wildman–Crippen MR) is 75.1 cm³/mol. The van der Waals surface area contributed by atoms with Crippen LogP contribution < -0.4 is 5.32 Å². The lowest BCUT2D eigenvalue weighted by Gasteiger charge is -2.33. The summed E-state index contributed by atoms with van der Waals surface area (Å²) in [5.41, 5.74) is 0.538. The summed E-state index contributed by atoms with van der Waals surface area (Å²) < 4.78 is 0. The second kappa shape index (κ2) is 6.06. The Morgan fingerprint density at radius 3 is 2.56 bits per heavy atom. The fourth-order valence-electron chi connectivity index (χ4n) is 4.15. The second-order valence-electron chi connectivity index (χ2n) is 6.96. The van der Waals surface area contributed by atoms with Gasteiger partial charge in [0.25, 0.3) is 0 Å². The lowest BCUT2D eigenvalue weighted by Crippen LogP contribution is -2.40. The molecule has 0 heterocycles. The fraction of sp³-hybridized carbons (Fsp3) is 0.938. The Morgan fingerprint density at radius 2 is 1.94 bits per heavy atom. The number of rotatable bonds is 5. The number of nitrogens with zero attached hydrogens (tertiary/aromatic N) is 1.